The van der Waals surface area contributed by atoms with E-state index in [1.54, 1.807) is 0 Å². The van der Waals surface area contributed by atoms with Crippen molar-refractivity contribution in [3.8, 4) is 0 Å². The summed E-state index contributed by atoms with van der Waals surface area (Å²) in [6.07, 6.45) is 30.3. The molecule has 0 aliphatic carbocycles. The van der Waals surface area contributed by atoms with Crippen LogP contribution in [0.1, 0.15) is 163 Å². The van der Waals surface area contributed by atoms with E-state index >= 15 is 0 Å². The predicted octanol–water partition coefficient (Wildman–Crippen LogP) is 10.1. The van der Waals surface area contributed by atoms with E-state index in [2.05, 4.69) is 27.7 Å². The van der Waals surface area contributed by atoms with Gasteiger partial charge in [0.05, 0.1) is 26.2 Å². The van der Waals surface area contributed by atoms with Gasteiger partial charge in [0, 0.05) is 0 Å². The molecule has 0 bridgehead atoms. The minimum atomic E-state index is 1.37. The lowest BCUT2D eigenvalue weighted by Crippen LogP contribution is -2.50. The van der Waals surface area contributed by atoms with Crippen molar-refractivity contribution in [2.45, 2.75) is 163 Å². The molecule has 0 aliphatic heterocycles. The van der Waals surface area contributed by atoms with Gasteiger partial charge < -0.3 is 4.48 Å². The zero-order valence-electron chi connectivity index (χ0n) is 22.1. The minimum absolute atomic E-state index is 1.37. The van der Waals surface area contributed by atoms with Gasteiger partial charge in [0.2, 0.25) is 0 Å². The molecule has 0 amide bonds. The highest BCUT2D eigenvalue weighted by atomic mass is 15.3. The van der Waals surface area contributed by atoms with E-state index in [0.29, 0.717) is 0 Å². The summed E-state index contributed by atoms with van der Waals surface area (Å²) in [6, 6.07) is 0. The van der Waals surface area contributed by atoms with Crippen molar-refractivity contribution in [1.82, 2.24) is 0 Å². The van der Waals surface area contributed by atoms with E-state index in [0.717, 1.165) is 0 Å². The third-order valence-corrected chi connectivity index (χ3v) is 7.19. The second-order valence-corrected chi connectivity index (χ2v) is 10.2. The first-order valence-electron chi connectivity index (χ1n) is 14.6. The number of unbranched alkanes of at least 4 members (excludes halogenated alkanes) is 17. The SMILES string of the molecule is CCCCCCCCCCC[N+](CCCCCC)(CCCCCC)CCCCCC. The molecule has 182 valence electrons. The molecule has 0 saturated carbocycles. The van der Waals surface area contributed by atoms with Gasteiger partial charge in [0.1, 0.15) is 0 Å². The number of hydrogen-bond acceptors (Lipinski definition) is 0. The molecule has 0 spiro atoms. The van der Waals surface area contributed by atoms with Gasteiger partial charge in [-0.1, -0.05) is 111 Å². The first-order chi connectivity index (χ1) is 14.7. The van der Waals surface area contributed by atoms with E-state index in [4.69, 9.17) is 0 Å². The molecule has 0 radical (unpaired) electrons. The molecule has 30 heavy (non-hydrogen) atoms. The monoisotopic (exact) mass is 424 g/mol. The van der Waals surface area contributed by atoms with Crippen LogP contribution in [0.3, 0.4) is 0 Å². The smallest absolute Gasteiger partial charge is 0.0786 e. The fourth-order valence-corrected chi connectivity index (χ4v) is 5.05. The summed E-state index contributed by atoms with van der Waals surface area (Å²) < 4.78 is 1.47. The summed E-state index contributed by atoms with van der Waals surface area (Å²) in [5.41, 5.74) is 0. The highest BCUT2D eigenvalue weighted by molar-refractivity contribution is 4.54. The van der Waals surface area contributed by atoms with E-state index in [9.17, 15) is 0 Å². The van der Waals surface area contributed by atoms with Gasteiger partial charge in [-0.2, -0.15) is 0 Å². The molecule has 0 saturated heterocycles. The van der Waals surface area contributed by atoms with Crippen LogP contribution in [0.15, 0.2) is 0 Å². The Balaban J connectivity index is 4.50. The molecule has 0 aromatic rings. The first-order valence-corrected chi connectivity index (χ1v) is 14.6. The summed E-state index contributed by atoms with van der Waals surface area (Å²) in [7, 11) is 0. The molecule has 0 rings (SSSR count). The second kappa shape index (κ2) is 23.6. The minimum Gasteiger partial charge on any atom is -0.324 e. The Morgan fingerprint density at radius 2 is 0.467 bits per heavy atom. The standard InChI is InChI=1S/C29H62N/c1-5-9-13-17-18-19-20-21-25-29-30(26-22-14-10-6-2,27-23-15-11-7-3)28-24-16-12-8-4/h5-29H2,1-4H3/q+1. The van der Waals surface area contributed by atoms with Crippen molar-refractivity contribution in [2.24, 2.45) is 0 Å². The Morgan fingerprint density at radius 1 is 0.267 bits per heavy atom. The first kappa shape index (κ1) is 30.0. The lowest BCUT2D eigenvalue weighted by Gasteiger charge is -2.39. The van der Waals surface area contributed by atoms with Crippen LogP contribution in [0, 0.1) is 0 Å². The van der Waals surface area contributed by atoms with Crippen LogP contribution in [0.4, 0.5) is 0 Å². The van der Waals surface area contributed by atoms with Gasteiger partial charge in [-0.25, -0.2) is 0 Å². The molecule has 0 fully saturated rings. The fraction of sp³-hybridized carbons (Fsp3) is 1.00. The molecule has 0 heterocycles. The number of hydrogen-bond donors (Lipinski definition) is 0. The average molecular weight is 425 g/mol. The van der Waals surface area contributed by atoms with Crippen molar-refractivity contribution in [2.75, 3.05) is 26.2 Å². The molecular weight excluding hydrogens is 362 g/mol. The summed E-state index contributed by atoms with van der Waals surface area (Å²) in [4.78, 5) is 0. The topological polar surface area (TPSA) is 0 Å². The van der Waals surface area contributed by atoms with Crippen LogP contribution in [0.2, 0.25) is 0 Å². The maximum Gasteiger partial charge on any atom is 0.0786 e. The van der Waals surface area contributed by atoms with Crippen molar-refractivity contribution < 1.29 is 4.48 Å². The van der Waals surface area contributed by atoms with Crippen molar-refractivity contribution in [3.63, 3.8) is 0 Å². The molecule has 0 N–H and O–H groups in total. The highest BCUT2D eigenvalue weighted by Gasteiger charge is 2.25. The molecular formula is C29H62N+. The Hall–Kier alpha value is -0.0400. The Morgan fingerprint density at radius 3 is 0.733 bits per heavy atom. The van der Waals surface area contributed by atoms with Crippen LogP contribution in [-0.4, -0.2) is 30.7 Å². The largest absolute Gasteiger partial charge is 0.324 e. The van der Waals surface area contributed by atoms with Crippen LogP contribution in [0.25, 0.3) is 0 Å². The molecule has 0 aliphatic rings. The Bertz CT molecular complexity index is 280. The molecule has 0 atom stereocenters. The van der Waals surface area contributed by atoms with Gasteiger partial charge in [-0.05, 0) is 51.4 Å². The van der Waals surface area contributed by atoms with Gasteiger partial charge in [-0.3, -0.25) is 0 Å². The van der Waals surface area contributed by atoms with E-state index in [1.165, 1.54) is 165 Å². The normalized spacial score (nSPS) is 12.0. The number of quaternary nitrogens is 1. The molecule has 0 unspecified atom stereocenters. The summed E-state index contributed by atoms with van der Waals surface area (Å²) in [5.74, 6) is 0. The molecule has 1 nitrogen and oxygen atoms in total. The maximum atomic E-state index is 2.35. The lowest BCUT2D eigenvalue weighted by molar-refractivity contribution is -0.929. The number of rotatable bonds is 25. The van der Waals surface area contributed by atoms with E-state index < -0.39 is 0 Å². The van der Waals surface area contributed by atoms with Crippen LogP contribution in [0.5, 0.6) is 0 Å². The van der Waals surface area contributed by atoms with Crippen molar-refractivity contribution in [3.05, 3.63) is 0 Å². The summed E-state index contributed by atoms with van der Waals surface area (Å²) in [5, 5.41) is 0. The summed E-state index contributed by atoms with van der Waals surface area (Å²) >= 11 is 0. The average Bonchev–Trinajstić information content (AvgIpc) is 2.76. The maximum absolute atomic E-state index is 2.35. The van der Waals surface area contributed by atoms with Crippen LogP contribution < -0.4 is 0 Å². The van der Waals surface area contributed by atoms with E-state index in [1.807, 2.05) is 0 Å². The lowest BCUT2D eigenvalue weighted by atomic mass is 10.0. The van der Waals surface area contributed by atoms with Gasteiger partial charge in [0.15, 0.2) is 0 Å². The van der Waals surface area contributed by atoms with Gasteiger partial charge >= 0.3 is 0 Å². The summed E-state index contributed by atoms with van der Waals surface area (Å²) in [6.45, 7) is 15.2. The second-order valence-electron chi connectivity index (χ2n) is 10.2. The molecule has 1 heteroatoms. The fourth-order valence-electron chi connectivity index (χ4n) is 5.05. The molecule has 0 aromatic carbocycles. The highest BCUT2D eigenvalue weighted by Crippen LogP contribution is 2.20. The quantitative estimate of drug-likeness (QED) is 0.101. The van der Waals surface area contributed by atoms with Crippen LogP contribution >= 0.6 is 0 Å². The van der Waals surface area contributed by atoms with Gasteiger partial charge in [-0.15, -0.1) is 0 Å². The van der Waals surface area contributed by atoms with Crippen molar-refractivity contribution >= 4 is 0 Å². The van der Waals surface area contributed by atoms with E-state index in [-0.39, 0.29) is 0 Å². The Labute approximate surface area is 193 Å². The van der Waals surface area contributed by atoms with Crippen molar-refractivity contribution in [1.29, 1.82) is 0 Å². The third-order valence-electron chi connectivity index (χ3n) is 7.19. The zero-order valence-corrected chi connectivity index (χ0v) is 22.1. The molecule has 0 aromatic heterocycles. The number of nitrogens with zero attached hydrogens (tertiary/aromatic N) is 1. The zero-order chi connectivity index (χ0) is 22.2. The van der Waals surface area contributed by atoms with Crippen LogP contribution in [-0.2, 0) is 0 Å². The predicted molar refractivity (Wildman–Crippen MR) is 139 cm³/mol. The third kappa shape index (κ3) is 18.7. The Kier molecular flexibility index (Phi) is 23.6. The van der Waals surface area contributed by atoms with Gasteiger partial charge in [0.25, 0.3) is 0 Å².